The second-order valence-electron chi connectivity index (χ2n) is 4.03. The minimum absolute atomic E-state index is 0.0343. The topological polar surface area (TPSA) is 63.3 Å². The Morgan fingerprint density at radius 1 is 1.53 bits per heavy atom. The second-order valence-corrected chi connectivity index (χ2v) is 4.41. The van der Waals surface area contributed by atoms with Crippen molar-refractivity contribution in [2.24, 2.45) is 0 Å². The van der Waals surface area contributed by atoms with Gasteiger partial charge in [-0.3, -0.25) is 4.79 Å². The van der Waals surface area contributed by atoms with Crippen molar-refractivity contribution in [2.75, 3.05) is 0 Å². The van der Waals surface area contributed by atoms with Gasteiger partial charge in [-0.05, 0) is 31.0 Å². The van der Waals surface area contributed by atoms with E-state index in [0.29, 0.717) is 22.7 Å². The van der Waals surface area contributed by atoms with Crippen LogP contribution in [0.2, 0.25) is 5.02 Å². The van der Waals surface area contributed by atoms with E-state index in [1.807, 2.05) is 19.9 Å². The maximum absolute atomic E-state index is 10.6. The van der Waals surface area contributed by atoms with Gasteiger partial charge >= 0.3 is 5.97 Å². The number of hydrogen-bond donors (Lipinski definition) is 1. The van der Waals surface area contributed by atoms with E-state index in [1.54, 1.807) is 0 Å². The van der Waals surface area contributed by atoms with Crippen LogP contribution in [-0.2, 0) is 11.2 Å². The first kappa shape index (κ1) is 11.9. The zero-order valence-corrected chi connectivity index (χ0v) is 10.3. The molecule has 0 spiro atoms. The molecule has 0 atom stereocenters. The molecule has 0 aliphatic rings. The van der Waals surface area contributed by atoms with Crippen LogP contribution in [0.25, 0.3) is 11.0 Å². The van der Waals surface area contributed by atoms with Gasteiger partial charge in [-0.1, -0.05) is 16.8 Å². The van der Waals surface area contributed by atoms with Crippen molar-refractivity contribution in [2.45, 2.75) is 26.7 Å². The Bertz CT molecular complexity index is 589. The Hall–Kier alpha value is -1.55. The van der Waals surface area contributed by atoms with E-state index in [9.17, 15) is 4.79 Å². The van der Waals surface area contributed by atoms with Crippen LogP contribution in [-0.4, -0.2) is 16.2 Å². The van der Waals surface area contributed by atoms with Crippen molar-refractivity contribution >= 4 is 28.5 Å². The highest BCUT2D eigenvalue weighted by atomic mass is 35.5. The lowest BCUT2D eigenvalue weighted by Gasteiger charge is -2.03. The molecule has 0 unspecified atom stereocenters. The van der Waals surface area contributed by atoms with E-state index < -0.39 is 5.97 Å². The zero-order chi connectivity index (χ0) is 12.6. The molecule has 0 fully saturated rings. The smallest absolute Gasteiger partial charge is 0.303 e. The predicted molar refractivity (Wildman–Crippen MR) is 64.4 cm³/mol. The number of aryl methyl sites for hydroxylation is 3. The quantitative estimate of drug-likeness (QED) is 0.913. The summed E-state index contributed by atoms with van der Waals surface area (Å²) >= 11 is 6.16. The summed E-state index contributed by atoms with van der Waals surface area (Å²) in [6, 6.07) is 1.82. The third-order valence-electron chi connectivity index (χ3n) is 2.76. The lowest BCUT2D eigenvalue weighted by Crippen LogP contribution is -1.98. The summed E-state index contributed by atoms with van der Waals surface area (Å²) in [6.07, 6.45) is 0.384. The van der Waals surface area contributed by atoms with Gasteiger partial charge in [-0.15, -0.1) is 0 Å². The fraction of sp³-hybridized carbons (Fsp3) is 0.333. The molecule has 0 radical (unpaired) electrons. The van der Waals surface area contributed by atoms with Crippen LogP contribution in [0.15, 0.2) is 10.6 Å². The van der Waals surface area contributed by atoms with Crippen molar-refractivity contribution in [3.63, 3.8) is 0 Å². The van der Waals surface area contributed by atoms with Crippen LogP contribution in [0.1, 0.15) is 23.2 Å². The molecule has 0 saturated heterocycles. The highest BCUT2D eigenvalue weighted by Crippen LogP contribution is 2.31. The van der Waals surface area contributed by atoms with Gasteiger partial charge in [-0.2, -0.15) is 0 Å². The Balaban J connectivity index is 2.52. The van der Waals surface area contributed by atoms with Gasteiger partial charge in [0.2, 0.25) is 0 Å². The molecular formula is C12H12ClNO3. The highest BCUT2D eigenvalue weighted by Gasteiger charge is 2.15. The minimum atomic E-state index is -0.850. The van der Waals surface area contributed by atoms with E-state index in [-0.39, 0.29) is 6.42 Å². The zero-order valence-electron chi connectivity index (χ0n) is 9.58. The average molecular weight is 254 g/mol. The monoisotopic (exact) mass is 253 g/mol. The van der Waals surface area contributed by atoms with Crippen molar-refractivity contribution < 1.29 is 14.4 Å². The lowest BCUT2D eigenvalue weighted by atomic mass is 10.0. The molecule has 0 aliphatic heterocycles. The Kier molecular flexibility index (Phi) is 3.07. The first-order chi connectivity index (χ1) is 8.00. The first-order valence-electron chi connectivity index (χ1n) is 5.26. The summed E-state index contributed by atoms with van der Waals surface area (Å²) in [7, 11) is 0. The number of fused-ring (bicyclic) bond motifs is 1. The molecular weight excluding hydrogens is 242 g/mol. The van der Waals surface area contributed by atoms with Gasteiger partial charge in [-0.25, -0.2) is 0 Å². The summed E-state index contributed by atoms with van der Waals surface area (Å²) in [6.45, 7) is 3.79. The fourth-order valence-electron chi connectivity index (χ4n) is 1.90. The van der Waals surface area contributed by atoms with Crippen LogP contribution >= 0.6 is 11.6 Å². The maximum Gasteiger partial charge on any atom is 0.303 e. The SMILES string of the molecule is Cc1cc2onc(CCC(=O)O)c2c(C)c1Cl. The molecule has 5 heteroatoms. The summed E-state index contributed by atoms with van der Waals surface area (Å²) in [5, 5.41) is 14.1. The van der Waals surface area contributed by atoms with E-state index in [4.69, 9.17) is 21.2 Å². The van der Waals surface area contributed by atoms with Crippen LogP contribution in [0.3, 0.4) is 0 Å². The van der Waals surface area contributed by atoms with Crippen molar-refractivity contribution in [1.29, 1.82) is 0 Å². The lowest BCUT2D eigenvalue weighted by molar-refractivity contribution is -0.136. The number of rotatable bonds is 3. The molecule has 2 aromatic rings. The Morgan fingerprint density at radius 3 is 2.88 bits per heavy atom. The van der Waals surface area contributed by atoms with Crippen molar-refractivity contribution in [3.8, 4) is 0 Å². The molecule has 2 rings (SSSR count). The van der Waals surface area contributed by atoms with Gasteiger partial charge in [0.1, 0.15) is 0 Å². The summed E-state index contributed by atoms with van der Waals surface area (Å²) in [4.78, 5) is 10.6. The van der Waals surface area contributed by atoms with E-state index in [2.05, 4.69) is 5.16 Å². The molecule has 0 amide bonds. The largest absolute Gasteiger partial charge is 0.481 e. The Morgan fingerprint density at radius 2 is 2.24 bits per heavy atom. The maximum atomic E-state index is 10.6. The van der Waals surface area contributed by atoms with E-state index >= 15 is 0 Å². The molecule has 0 bridgehead atoms. The summed E-state index contributed by atoms with van der Waals surface area (Å²) in [5.41, 5.74) is 3.13. The number of carbonyl (C=O) groups is 1. The van der Waals surface area contributed by atoms with Gasteiger partial charge in [0.25, 0.3) is 0 Å². The molecule has 17 heavy (non-hydrogen) atoms. The van der Waals surface area contributed by atoms with Gasteiger partial charge in [0.05, 0.1) is 12.1 Å². The number of aliphatic carboxylic acids is 1. The first-order valence-corrected chi connectivity index (χ1v) is 5.64. The number of aromatic nitrogens is 1. The average Bonchev–Trinajstić information content (AvgIpc) is 2.66. The van der Waals surface area contributed by atoms with E-state index in [0.717, 1.165) is 16.5 Å². The number of nitrogens with zero attached hydrogens (tertiary/aromatic N) is 1. The highest BCUT2D eigenvalue weighted by molar-refractivity contribution is 6.33. The van der Waals surface area contributed by atoms with Gasteiger partial charge in [0, 0.05) is 16.8 Å². The summed E-state index contributed by atoms with van der Waals surface area (Å²) in [5.74, 6) is -0.850. The Labute approximate surface area is 103 Å². The standard InChI is InChI=1S/C12H12ClNO3/c1-6-5-9-11(7(2)12(6)13)8(14-17-9)3-4-10(15)16/h5H,3-4H2,1-2H3,(H,15,16). The fourth-order valence-corrected chi connectivity index (χ4v) is 2.05. The number of benzene rings is 1. The third-order valence-corrected chi connectivity index (χ3v) is 3.34. The molecule has 1 aromatic heterocycles. The number of hydrogen-bond acceptors (Lipinski definition) is 3. The van der Waals surface area contributed by atoms with Crippen LogP contribution in [0.5, 0.6) is 0 Å². The third kappa shape index (κ3) is 2.13. The van der Waals surface area contributed by atoms with Gasteiger partial charge < -0.3 is 9.63 Å². The molecule has 1 N–H and O–H groups in total. The van der Waals surface area contributed by atoms with Crippen LogP contribution in [0.4, 0.5) is 0 Å². The molecule has 0 saturated carbocycles. The predicted octanol–water partition coefficient (Wildman–Crippen LogP) is 3.12. The van der Waals surface area contributed by atoms with Crippen LogP contribution < -0.4 is 0 Å². The molecule has 1 aromatic carbocycles. The molecule has 0 aliphatic carbocycles. The van der Waals surface area contributed by atoms with Crippen LogP contribution in [0, 0.1) is 13.8 Å². The molecule has 1 heterocycles. The van der Waals surface area contributed by atoms with Crippen molar-refractivity contribution in [3.05, 3.63) is 27.9 Å². The van der Waals surface area contributed by atoms with Crippen molar-refractivity contribution in [1.82, 2.24) is 5.16 Å². The van der Waals surface area contributed by atoms with Gasteiger partial charge in [0.15, 0.2) is 5.58 Å². The minimum Gasteiger partial charge on any atom is -0.481 e. The normalized spacial score (nSPS) is 11.0. The second kappa shape index (κ2) is 4.37. The number of carboxylic acids is 1. The number of carboxylic acid groups (broad SMARTS) is 1. The molecule has 4 nitrogen and oxygen atoms in total. The summed E-state index contributed by atoms with van der Waals surface area (Å²) < 4.78 is 5.20. The molecule has 90 valence electrons. The number of halogens is 1. The van der Waals surface area contributed by atoms with E-state index in [1.165, 1.54) is 0 Å².